The van der Waals surface area contributed by atoms with Crippen molar-refractivity contribution in [2.45, 2.75) is 11.4 Å². The molecule has 1 amide bonds. The fraction of sp³-hybridized carbons (Fsp3) is 0.278. The van der Waals surface area contributed by atoms with Crippen molar-refractivity contribution in [2.75, 3.05) is 28.3 Å². The number of ether oxygens (including phenoxy) is 2. The van der Waals surface area contributed by atoms with Crippen molar-refractivity contribution in [3.63, 3.8) is 0 Å². The molecule has 0 aliphatic carbocycles. The highest BCUT2D eigenvalue weighted by atomic mass is 32.2. The van der Waals surface area contributed by atoms with Crippen LogP contribution < -0.4 is 14.8 Å². The summed E-state index contributed by atoms with van der Waals surface area (Å²) in [4.78, 5) is 10.9. The Morgan fingerprint density at radius 2 is 1.60 bits per heavy atom. The number of rotatable bonds is 7. The molecule has 0 spiro atoms. The molecule has 0 bridgehead atoms. The van der Waals surface area contributed by atoms with Crippen molar-refractivity contribution in [1.29, 1.82) is 0 Å². The Morgan fingerprint density at radius 1 is 1.00 bits per heavy atom. The maximum absolute atomic E-state index is 14.4. The number of benzene rings is 2. The standard InChI is InChI=1S/C18H18F4N2O5S/c1-24(2)30(26,27)17-12(13(19)14(20)15(21)16(17)22)18(25)23-8-9-5-6-10(28-3)7-11(9)29-4/h5-7H,8H2,1-4H3,(H,23,25). The fourth-order valence-corrected chi connectivity index (χ4v) is 3.62. The lowest BCUT2D eigenvalue weighted by Gasteiger charge is -2.17. The third-order valence-electron chi connectivity index (χ3n) is 4.12. The van der Waals surface area contributed by atoms with E-state index in [9.17, 15) is 30.8 Å². The Labute approximate surface area is 170 Å². The van der Waals surface area contributed by atoms with Crippen LogP contribution in [0.3, 0.4) is 0 Å². The first-order chi connectivity index (χ1) is 14.0. The predicted octanol–water partition coefficient (Wildman–Crippen LogP) is 2.44. The van der Waals surface area contributed by atoms with E-state index in [0.29, 0.717) is 15.6 Å². The topological polar surface area (TPSA) is 84.9 Å². The maximum Gasteiger partial charge on any atom is 0.256 e. The molecule has 2 aromatic rings. The van der Waals surface area contributed by atoms with Crippen molar-refractivity contribution in [2.24, 2.45) is 0 Å². The van der Waals surface area contributed by atoms with Crippen LogP contribution in [0.25, 0.3) is 0 Å². The van der Waals surface area contributed by atoms with Gasteiger partial charge >= 0.3 is 0 Å². The monoisotopic (exact) mass is 450 g/mol. The SMILES string of the molecule is COc1ccc(CNC(=O)c2c(F)c(F)c(F)c(F)c2S(=O)(=O)N(C)C)c(OC)c1. The first-order valence-electron chi connectivity index (χ1n) is 8.24. The molecule has 164 valence electrons. The van der Waals surface area contributed by atoms with Crippen LogP contribution in [0.4, 0.5) is 17.6 Å². The Hall–Kier alpha value is -2.86. The number of amides is 1. The van der Waals surface area contributed by atoms with E-state index in [1.54, 1.807) is 0 Å². The van der Waals surface area contributed by atoms with Crippen molar-refractivity contribution in [3.05, 3.63) is 52.6 Å². The number of hydrogen-bond donors (Lipinski definition) is 1. The van der Waals surface area contributed by atoms with E-state index >= 15 is 0 Å². The number of carbonyl (C=O) groups excluding carboxylic acids is 1. The molecule has 0 saturated heterocycles. The molecule has 0 heterocycles. The van der Waals surface area contributed by atoms with Crippen molar-refractivity contribution < 1.29 is 40.2 Å². The zero-order chi connectivity index (χ0) is 22.8. The number of nitrogens with one attached hydrogen (secondary N) is 1. The molecular formula is C18H18F4N2O5S. The second kappa shape index (κ2) is 8.88. The maximum atomic E-state index is 14.4. The van der Waals surface area contributed by atoms with Crippen LogP contribution in [0.15, 0.2) is 23.1 Å². The molecule has 1 N–H and O–H groups in total. The summed E-state index contributed by atoms with van der Waals surface area (Å²) in [6.45, 7) is -0.326. The van der Waals surface area contributed by atoms with Gasteiger partial charge in [-0.1, -0.05) is 0 Å². The molecule has 0 fully saturated rings. The minimum atomic E-state index is -4.84. The third kappa shape index (κ3) is 4.19. The van der Waals surface area contributed by atoms with Crippen LogP contribution in [0, 0.1) is 23.3 Å². The number of halogens is 4. The minimum Gasteiger partial charge on any atom is -0.497 e. The first-order valence-corrected chi connectivity index (χ1v) is 9.68. The van der Waals surface area contributed by atoms with Crippen LogP contribution in [0.2, 0.25) is 0 Å². The average molecular weight is 450 g/mol. The summed E-state index contributed by atoms with van der Waals surface area (Å²) in [6.07, 6.45) is 0. The molecule has 0 atom stereocenters. The predicted molar refractivity (Wildman–Crippen MR) is 97.9 cm³/mol. The molecule has 0 aromatic heterocycles. The Bertz CT molecular complexity index is 1090. The zero-order valence-electron chi connectivity index (χ0n) is 16.3. The van der Waals surface area contributed by atoms with Crippen molar-refractivity contribution in [1.82, 2.24) is 9.62 Å². The molecule has 0 radical (unpaired) electrons. The summed E-state index contributed by atoms with van der Waals surface area (Å²) < 4.78 is 91.4. The molecule has 12 heteroatoms. The summed E-state index contributed by atoms with van der Waals surface area (Å²) in [5, 5.41) is 2.16. The van der Waals surface area contributed by atoms with E-state index in [2.05, 4.69) is 5.32 Å². The minimum absolute atomic E-state index is 0.271. The number of sulfonamides is 1. The van der Waals surface area contributed by atoms with Crippen LogP contribution in [-0.2, 0) is 16.6 Å². The van der Waals surface area contributed by atoms with Crippen LogP contribution in [-0.4, -0.2) is 46.9 Å². The van der Waals surface area contributed by atoms with E-state index in [0.717, 1.165) is 14.1 Å². The second-order valence-electron chi connectivity index (χ2n) is 6.11. The molecule has 0 aliphatic rings. The quantitative estimate of drug-likeness (QED) is 0.398. The third-order valence-corrected chi connectivity index (χ3v) is 5.98. The number of methoxy groups -OCH3 is 2. The molecule has 7 nitrogen and oxygen atoms in total. The van der Waals surface area contributed by atoms with Gasteiger partial charge in [-0.2, -0.15) is 0 Å². The summed E-state index contributed by atoms with van der Waals surface area (Å²) in [5.74, 6) is -9.74. The van der Waals surface area contributed by atoms with Crippen LogP contribution >= 0.6 is 0 Å². The lowest BCUT2D eigenvalue weighted by Crippen LogP contribution is -2.31. The Kier molecular flexibility index (Phi) is 6.93. The molecule has 2 rings (SSSR count). The average Bonchev–Trinajstić information content (AvgIpc) is 2.72. The Morgan fingerprint density at radius 3 is 2.13 bits per heavy atom. The van der Waals surface area contributed by atoms with Crippen molar-refractivity contribution in [3.8, 4) is 11.5 Å². The lowest BCUT2D eigenvalue weighted by molar-refractivity contribution is 0.0940. The number of nitrogens with zero attached hydrogens (tertiary/aromatic N) is 1. The van der Waals surface area contributed by atoms with Gasteiger partial charge in [0.1, 0.15) is 22.0 Å². The molecule has 0 saturated carbocycles. The van der Waals surface area contributed by atoms with Crippen LogP contribution in [0.1, 0.15) is 15.9 Å². The van der Waals surface area contributed by atoms with E-state index in [1.165, 1.54) is 32.4 Å². The summed E-state index contributed by atoms with van der Waals surface area (Å²) in [5.41, 5.74) is -1.11. The van der Waals surface area contributed by atoms with E-state index in [4.69, 9.17) is 9.47 Å². The first kappa shape index (κ1) is 23.4. The highest BCUT2D eigenvalue weighted by Gasteiger charge is 2.37. The van der Waals surface area contributed by atoms with Gasteiger partial charge in [0.05, 0.1) is 14.2 Å². The Balaban J connectivity index is 2.53. The van der Waals surface area contributed by atoms with Gasteiger partial charge in [0.2, 0.25) is 10.0 Å². The largest absolute Gasteiger partial charge is 0.497 e. The van der Waals surface area contributed by atoms with Gasteiger partial charge in [0.25, 0.3) is 5.91 Å². The van der Waals surface area contributed by atoms with Gasteiger partial charge in [-0.15, -0.1) is 0 Å². The van der Waals surface area contributed by atoms with Gasteiger partial charge in [-0.05, 0) is 12.1 Å². The molecule has 0 aliphatic heterocycles. The van der Waals surface area contributed by atoms with Gasteiger partial charge in [0.15, 0.2) is 23.3 Å². The lowest BCUT2D eigenvalue weighted by atomic mass is 10.1. The van der Waals surface area contributed by atoms with E-state index in [1.807, 2.05) is 0 Å². The van der Waals surface area contributed by atoms with Gasteiger partial charge < -0.3 is 14.8 Å². The molecule has 0 unspecified atom stereocenters. The van der Waals surface area contributed by atoms with Gasteiger partial charge in [-0.25, -0.2) is 30.3 Å². The molecule has 2 aromatic carbocycles. The normalized spacial score (nSPS) is 11.5. The number of hydrogen-bond acceptors (Lipinski definition) is 5. The van der Waals surface area contributed by atoms with E-state index < -0.39 is 49.7 Å². The van der Waals surface area contributed by atoms with E-state index in [-0.39, 0.29) is 12.3 Å². The summed E-state index contributed by atoms with van der Waals surface area (Å²) in [7, 11) is -0.168. The van der Waals surface area contributed by atoms with Crippen LogP contribution in [0.5, 0.6) is 11.5 Å². The zero-order valence-corrected chi connectivity index (χ0v) is 17.2. The molecular weight excluding hydrogens is 432 g/mol. The van der Waals surface area contributed by atoms with Gasteiger partial charge in [0, 0.05) is 32.3 Å². The van der Waals surface area contributed by atoms with Gasteiger partial charge in [-0.3, -0.25) is 4.79 Å². The second-order valence-corrected chi connectivity index (χ2v) is 8.20. The van der Waals surface area contributed by atoms with Crippen molar-refractivity contribution >= 4 is 15.9 Å². The fourth-order valence-electron chi connectivity index (χ4n) is 2.50. The molecule has 30 heavy (non-hydrogen) atoms. The highest BCUT2D eigenvalue weighted by Crippen LogP contribution is 2.30. The smallest absolute Gasteiger partial charge is 0.256 e. The number of carbonyl (C=O) groups is 1. The highest BCUT2D eigenvalue weighted by molar-refractivity contribution is 7.89. The summed E-state index contributed by atoms with van der Waals surface area (Å²) >= 11 is 0. The summed E-state index contributed by atoms with van der Waals surface area (Å²) in [6, 6.07) is 4.52.